The third kappa shape index (κ3) is 7.18. The highest BCUT2D eigenvalue weighted by Crippen LogP contribution is 2.23. The second-order valence-corrected chi connectivity index (χ2v) is 4.90. The Balaban J connectivity index is 2.32. The van der Waals surface area contributed by atoms with Gasteiger partial charge in [-0.15, -0.1) is 0 Å². The van der Waals surface area contributed by atoms with Gasteiger partial charge in [0, 0.05) is 12.5 Å². The van der Waals surface area contributed by atoms with Crippen molar-refractivity contribution in [1.82, 2.24) is 5.43 Å². The van der Waals surface area contributed by atoms with Crippen LogP contribution in [0.3, 0.4) is 0 Å². The highest BCUT2D eigenvalue weighted by molar-refractivity contribution is 5.22. The van der Waals surface area contributed by atoms with Crippen LogP contribution in [0.15, 0.2) is 24.3 Å². The molecule has 1 rings (SSSR count). The molecule has 0 fully saturated rings. The summed E-state index contributed by atoms with van der Waals surface area (Å²) in [6, 6.07) is 8.05. The maximum atomic E-state index is 12.1. The first-order chi connectivity index (χ1) is 8.90. The Hall–Kier alpha value is -1.07. The summed E-state index contributed by atoms with van der Waals surface area (Å²) in [5.74, 6) is 5.39. The van der Waals surface area contributed by atoms with Crippen molar-refractivity contribution < 1.29 is 13.2 Å². The molecule has 1 unspecified atom stereocenters. The van der Waals surface area contributed by atoms with Crippen LogP contribution in [-0.2, 0) is 6.42 Å². The van der Waals surface area contributed by atoms with Gasteiger partial charge in [-0.2, -0.15) is 13.2 Å². The fourth-order valence-electron chi connectivity index (χ4n) is 2.07. The molecule has 0 spiro atoms. The van der Waals surface area contributed by atoms with Gasteiger partial charge in [0.05, 0.1) is 0 Å². The Kier molecular flexibility index (Phi) is 6.31. The average Bonchev–Trinajstić information content (AvgIpc) is 2.32. The van der Waals surface area contributed by atoms with Crippen LogP contribution in [-0.4, -0.2) is 12.2 Å². The summed E-state index contributed by atoms with van der Waals surface area (Å²) in [5, 5.41) is 0. The third-order valence-corrected chi connectivity index (χ3v) is 3.11. The van der Waals surface area contributed by atoms with Gasteiger partial charge in [0.2, 0.25) is 0 Å². The minimum atomic E-state index is -4.07. The van der Waals surface area contributed by atoms with Gasteiger partial charge in [0.25, 0.3) is 0 Å². The largest absolute Gasteiger partial charge is 0.389 e. The van der Waals surface area contributed by atoms with E-state index in [0.29, 0.717) is 6.42 Å². The van der Waals surface area contributed by atoms with Gasteiger partial charge in [0.1, 0.15) is 0 Å². The van der Waals surface area contributed by atoms with Crippen molar-refractivity contribution in [2.75, 3.05) is 0 Å². The van der Waals surface area contributed by atoms with E-state index >= 15 is 0 Å². The fourth-order valence-corrected chi connectivity index (χ4v) is 2.07. The second kappa shape index (κ2) is 7.50. The van der Waals surface area contributed by atoms with E-state index in [2.05, 4.69) is 11.5 Å². The van der Waals surface area contributed by atoms with Crippen molar-refractivity contribution in [3.63, 3.8) is 0 Å². The smallest absolute Gasteiger partial charge is 0.271 e. The van der Waals surface area contributed by atoms with Crippen LogP contribution in [0.25, 0.3) is 0 Å². The summed E-state index contributed by atoms with van der Waals surface area (Å²) >= 11 is 0. The van der Waals surface area contributed by atoms with Gasteiger partial charge in [-0.3, -0.25) is 11.3 Å². The van der Waals surface area contributed by atoms with Gasteiger partial charge < -0.3 is 0 Å². The Morgan fingerprint density at radius 2 is 2.00 bits per heavy atom. The molecule has 2 nitrogen and oxygen atoms in total. The second-order valence-electron chi connectivity index (χ2n) is 4.90. The topological polar surface area (TPSA) is 38.0 Å². The minimum absolute atomic E-state index is 0.0668. The minimum Gasteiger partial charge on any atom is -0.271 e. The summed E-state index contributed by atoms with van der Waals surface area (Å²) in [4.78, 5) is 0. The molecule has 0 saturated carbocycles. The molecular formula is C14H21F3N2. The lowest BCUT2D eigenvalue weighted by Gasteiger charge is -2.16. The van der Waals surface area contributed by atoms with E-state index in [1.54, 1.807) is 0 Å². The zero-order valence-electron chi connectivity index (χ0n) is 11.1. The van der Waals surface area contributed by atoms with Crippen LogP contribution >= 0.6 is 0 Å². The maximum Gasteiger partial charge on any atom is 0.389 e. The van der Waals surface area contributed by atoms with Crippen molar-refractivity contribution >= 4 is 0 Å². The van der Waals surface area contributed by atoms with Crippen molar-refractivity contribution in [3.05, 3.63) is 35.4 Å². The Morgan fingerprint density at radius 1 is 1.26 bits per heavy atom. The summed E-state index contributed by atoms with van der Waals surface area (Å²) in [6.07, 6.45) is -2.68. The highest BCUT2D eigenvalue weighted by Gasteiger charge is 2.26. The predicted octanol–water partition coefficient (Wildman–Crippen LogP) is 3.49. The molecule has 0 saturated heterocycles. The first-order valence-electron chi connectivity index (χ1n) is 6.49. The molecule has 0 aromatic heterocycles. The standard InChI is InChI=1S/C14H21F3N2/c1-11-4-2-5-12(10-11)7-8-13(19-18)6-3-9-14(15,16)17/h2,4-5,10,13,19H,3,6-9,18H2,1H3. The number of hydrogen-bond donors (Lipinski definition) is 2. The molecule has 0 amide bonds. The van der Waals surface area contributed by atoms with E-state index in [0.717, 1.165) is 12.8 Å². The number of hydrazine groups is 1. The van der Waals surface area contributed by atoms with Gasteiger partial charge >= 0.3 is 6.18 Å². The molecule has 1 aromatic rings. The normalized spacial score (nSPS) is 13.5. The van der Waals surface area contributed by atoms with Gasteiger partial charge in [-0.25, -0.2) is 0 Å². The molecule has 1 aromatic carbocycles. The zero-order chi connectivity index (χ0) is 14.3. The van der Waals surface area contributed by atoms with E-state index in [4.69, 9.17) is 5.84 Å². The lowest BCUT2D eigenvalue weighted by molar-refractivity contribution is -0.135. The molecule has 5 heteroatoms. The molecule has 0 aliphatic rings. The molecule has 19 heavy (non-hydrogen) atoms. The number of halogens is 3. The van der Waals surface area contributed by atoms with Crippen LogP contribution in [0.1, 0.15) is 36.8 Å². The molecule has 0 aliphatic heterocycles. The van der Waals surface area contributed by atoms with Crippen LogP contribution < -0.4 is 11.3 Å². The van der Waals surface area contributed by atoms with E-state index in [9.17, 15) is 13.2 Å². The number of rotatable bonds is 7. The number of hydrogen-bond acceptors (Lipinski definition) is 2. The Morgan fingerprint density at radius 3 is 2.58 bits per heavy atom. The third-order valence-electron chi connectivity index (χ3n) is 3.11. The summed E-state index contributed by atoms with van der Waals surface area (Å²) in [6.45, 7) is 2.02. The van der Waals surface area contributed by atoms with Crippen molar-refractivity contribution in [2.24, 2.45) is 5.84 Å². The molecular weight excluding hydrogens is 253 g/mol. The highest BCUT2D eigenvalue weighted by atomic mass is 19.4. The molecule has 0 heterocycles. The average molecular weight is 274 g/mol. The lowest BCUT2D eigenvalue weighted by atomic mass is 10.0. The SMILES string of the molecule is Cc1cccc(CCC(CCCC(F)(F)F)NN)c1. The quantitative estimate of drug-likeness (QED) is 0.590. The van der Waals surface area contributed by atoms with Crippen LogP contribution in [0, 0.1) is 6.92 Å². The van der Waals surface area contributed by atoms with Crippen LogP contribution in [0.4, 0.5) is 13.2 Å². The molecule has 0 aliphatic carbocycles. The molecule has 0 bridgehead atoms. The predicted molar refractivity (Wildman–Crippen MR) is 70.5 cm³/mol. The summed E-state index contributed by atoms with van der Waals surface area (Å²) in [5.41, 5.74) is 4.98. The maximum absolute atomic E-state index is 12.1. The van der Waals surface area contributed by atoms with Crippen LogP contribution in [0.5, 0.6) is 0 Å². The number of nitrogens with two attached hydrogens (primary N) is 1. The number of benzene rings is 1. The molecule has 0 radical (unpaired) electrons. The monoisotopic (exact) mass is 274 g/mol. The van der Waals surface area contributed by atoms with Crippen molar-refractivity contribution in [1.29, 1.82) is 0 Å². The van der Waals surface area contributed by atoms with Gasteiger partial charge in [-0.05, 0) is 38.2 Å². The van der Waals surface area contributed by atoms with E-state index in [-0.39, 0.29) is 12.5 Å². The van der Waals surface area contributed by atoms with Gasteiger partial charge in [-0.1, -0.05) is 29.8 Å². The molecule has 3 N–H and O–H groups in total. The molecule has 108 valence electrons. The summed E-state index contributed by atoms with van der Waals surface area (Å²) < 4.78 is 36.2. The number of nitrogens with one attached hydrogen (secondary N) is 1. The van der Waals surface area contributed by atoms with E-state index < -0.39 is 12.6 Å². The summed E-state index contributed by atoms with van der Waals surface area (Å²) in [7, 11) is 0. The van der Waals surface area contributed by atoms with E-state index in [1.807, 2.05) is 25.1 Å². The Bertz CT molecular complexity index is 377. The Labute approximate surface area is 112 Å². The van der Waals surface area contributed by atoms with Crippen molar-refractivity contribution in [3.8, 4) is 0 Å². The van der Waals surface area contributed by atoms with Crippen molar-refractivity contribution in [2.45, 2.75) is 51.2 Å². The van der Waals surface area contributed by atoms with Crippen LogP contribution in [0.2, 0.25) is 0 Å². The first kappa shape index (κ1) is 16.0. The number of aryl methyl sites for hydroxylation is 2. The fraction of sp³-hybridized carbons (Fsp3) is 0.571. The van der Waals surface area contributed by atoms with E-state index in [1.165, 1.54) is 11.1 Å². The number of alkyl halides is 3. The molecule has 1 atom stereocenters. The zero-order valence-corrected chi connectivity index (χ0v) is 11.1. The van der Waals surface area contributed by atoms with Gasteiger partial charge in [0.15, 0.2) is 0 Å². The lowest BCUT2D eigenvalue weighted by Crippen LogP contribution is -2.35. The first-order valence-corrected chi connectivity index (χ1v) is 6.49.